The van der Waals surface area contributed by atoms with Crippen molar-refractivity contribution in [1.29, 1.82) is 0 Å². The Morgan fingerprint density at radius 2 is 1.63 bits per heavy atom. The molecule has 0 unspecified atom stereocenters. The van der Waals surface area contributed by atoms with Crippen LogP contribution in [-0.2, 0) is 26.2 Å². The van der Waals surface area contributed by atoms with Gasteiger partial charge in [0.05, 0.1) is 18.6 Å². The largest absolute Gasteiger partial charge is 0.494 e. The van der Waals surface area contributed by atoms with Gasteiger partial charge in [-0.1, -0.05) is 28.1 Å². The molecule has 192 valence electrons. The molecule has 10 heteroatoms. The highest BCUT2D eigenvalue weighted by Gasteiger charge is 2.31. The molecule has 0 aliphatic carbocycles. The Morgan fingerprint density at radius 1 is 1.06 bits per heavy atom. The Bertz CT molecular complexity index is 1110. The molecule has 0 saturated heterocycles. The number of ether oxygens (including phenoxy) is 1. The predicted molar refractivity (Wildman–Crippen MR) is 142 cm³/mol. The first-order valence-corrected chi connectivity index (χ1v) is 13.9. The molecule has 8 nitrogen and oxygen atoms in total. The maximum absolute atomic E-state index is 13.5. The summed E-state index contributed by atoms with van der Waals surface area (Å²) in [6.45, 7) is 9.24. The third kappa shape index (κ3) is 8.85. The number of carbonyl (C=O) groups is 2. The van der Waals surface area contributed by atoms with Gasteiger partial charge in [-0.25, -0.2) is 8.42 Å². The highest BCUT2D eigenvalue weighted by molar-refractivity contribution is 9.10. The smallest absolute Gasteiger partial charge is 0.244 e. The van der Waals surface area contributed by atoms with E-state index in [4.69, 9.17) is 4.74 Å². The van der Waals surface area contributed by atoms with Crippen LogP contribution >= 0.6 is 15.9 Å². The Balaban J connectivity index is 2.37. The second kappa shape index (κ2) is 11.9. The van der Waals surface area contributed by atoms with E-state index < -0.39 is 34.1 Å². The van der Waals surface area contributed by atoms with Crippen LogP contribution in [0.25, 0.3) is 0 Å². The van der Waals surface area contributed by atoms with E-state index >= 15 is 0 Å². The van der Waals surface area contributed by atoms with Crippen LogP contribution in [0.4, 0.5) is 5.69 Å². The van der Waals surface area contributed by atoms with Gasteiger partial charge in [-0.2, -0.15) is 0 Å². The molecule has 0 bridgehead atoms. The topological polar surface area (TPSA) is 96.0 Å². The molecule has 2 aromatic rings. The van der Waals surface area contributed by atoms with E-state index in [2.05, 4.69) is 21.2 Å². The summed E-state index contributed by atoms with van der Waals surface area (Å²) in [4.78, 5) is 27.9. The van der Waals surface area contributed by atoms with Crippen molar-refractivity contribution in [3.63, 3.8) is 0 Å². The molecule has 2 rings (SSSR count). The highest BCUT2D eigenvalue weighted by atomic mass is 79.9. The minimum Gasteiger partial charge on any atom is -0.494 e. The van der Waals surface area contributed by atoms with Gasteiger partial charge in [-0.05, 0) is 76.6 Å². The number of sulfonamides is 1. The molecule has 35 heavy (non-hydrogen) atoms. The Morgan fingerprint density at radius 3 is 2.11 bits per heavy atom. The van der Waals surface area contributed by atoms with E-state index in [-0.39, 0.29) is 12.5 Å². The SMILES string of the molecule is CCOc1ccc(N(CC(=O)N(Cc2ccc(Br)cc2)[C@H](C)C(=O)NC(C)(C)C)S(C)(=O)=O)cc1. The molecule has 0 radical (unpaired) electrons. The standard InChI is InChI=1S/C25H34BrN3O5S/c1-7-34-22-14-12-21(13-15-22)29(35(6,32)33)17-23(30)28(16-19-8-10-20(26)11-9-19)18(2)24(31)27-25(3,4)5/h8-15,18H,7,16-17H2,1-6H3,(H,27,31)/t18-/m1/s1. The van der Waals surface area contributed by atoms with Crippen molar-refractivity contribution < 1.29 is 22.7 Å². The van der Waals surface area contributed by atoms with Crippen molar-refractivity contribution in [2.45, 2.75) is 52.7 Å². The molecule has 0 aliphatic heterocycles. The summed E-state index contributed by atoms with van der Waals surface area (Å²) in [7, 11) is -3.79. The number of rotatable bonds is 10. The van der Waals surface area contributed by atoms with Crippen LogP contribution in [0.2, 0.25) is 0 Å². The molecule has 0 heterocycles. The third-order valence-corrected chi connectivity index (χ3v) is 6.72. The fourth-order valence-electron chi connectivity index (χ4n) is 3.33. The predicted octanol–water partition coefficient (Wildman–Crippen LogP) is 3.95. The summed E-state index contributed by atoms with van der Waals surface area (Å²) in [5, 5.41) is 2.90. The average Bonchev–Trinajstić information content (AvgIpc) is 2.75. The number of nitrogens with zero attached hydrogens (tertiary/aromatic N) is 2. The zero-order valence-corrected chi connectivity index (χ0v) is 23.4. The summed E-state index contributed by atoms with van der Waals surface area (Å²) in [5.41, 5.74) is 0.655. The van der Waals surface area contributed by atoms with Crippen molar-refractivity contribution in [2.75, 3.05) is 23.7 Å². The number of amides is 2. The second-order valence-corrected chi connectivity index (χ2v) is 12.1. The molecule has 0 aliphatic rings. The summed E-state index contributed by atoms with van der Waals surface area (Å²) in [6.07, 6.45) is 1.05. The van der Waals surface area contributed by atoms with E-state index in [1.807, 2.05) is 52.0 Å². The average molecular weight is 569 g/mol. The summed E-state index contributed by atoms with van der Waals surface area (Å²) in [6, 6.07) is 13.1. The number of carbonyl (C=O) groups excluding carboxylic acids is 2. The van der Waals surface area contributed by atoms with Crippen LogP contribution in [0.15, 0.2) is 53.0 Å². The van der Waals surface area contributed by atoms with Crippen molar-refractivity contribution in [1.82, 2.24) is 10.2 Å². The quantitative estimate of drug-likeness (QED) is 0.469. The molecule has 1 atom stereocenters. The van der Waals surface area contributed by atoms with Gasteiger partial charge < -0.3 is 15.0 Å². The summed E-state index contributed by atoms with van der Waals surface area (Å²) < 4.78 is 32.6. The number of benzene rings is 2. The normalized spacial score (nSPS) is 12.5. The Kier molecular flexibility index (Phi) is 9.74. The van der Waals surface area contributed by atoms with Crippen molar-refractivity contribution in [2.24, 2.45) is 0 Å². The van der Waals surface area contributed by atoms with Gasteiger partial charge in [0.25, 0.3) is 0 Å². The van der Waals surface area contributed by atoms with Gasteiger partial charge in [0.2, 0.25) is 21.8 Å². The first-order valence-electron chi connectivity index (χ1n) is 11.3. The molecule has 2 amide bonds. The van der Waals surface area contributed by atoms with E-state index in [1.54, 1.807) is 31.2 Å². The van der Waals surface area contributed by atoms with Crippen LogP contribution < -0.4 is 14.4 Å². The van der Waals surface area contributed by atoms with E-state index in [1.165, 1.54) is 4.90 Å². The summed E-state index contributed by atoms with van der Waals surface area (Å²) in [5.74, 6) is -0.223. The minimum atomic E-state index is -3.79. The molecule has 2 aromatic carbocycles. The van der Waals surface area contributed by atoms with Crippen molar-refractivity contribution >= 4 is 43.5 Å². The monoisotopic (exact) mass is 567 g/mol. The zero-order chi connectivity index (χ0) is 26.4. The van der Waals surface area contributed by atoms with Gasteiger partial charge >= 0.3 is 0 Å². The molecule has 0 aromatic heterocycles. The van der Waals surface area contributed by atoms with Crippen LogP contribution in [0, 0.1) is 0 Å². The number of nitrogens with one attached hydrogen (secondary N) is 1. The Hall–Kier alpha value is -2.59. The van der Waals surface area contributed by atoms with Crippen LogP contribution in [0.1, 0.15) is 40.2 Å². The maximum Gasteiger partial charge on any atom is 0.244 e. The van der Waals surface area contributed by atoms with Crippen LogP contribution in [-0.4, -0.2) is 56.1 Å². The van der Waals surface area contributed by atoms with E-state index in [0.29, 0.717) is 18.0 Å². The fourth-order valence-corrected chi connectivity index (χ4v) is 4.45. The third-order valence-electron chi connectivity index (χ3n) is 5.05. The molecule has 1 N–H and O–H groups in total. The zero-order valence-electron chi connectivity index (χ0n) is 21.0. The van der Waals surface area contributed by atoms with Crippen LogP contribution in [0.3, 0.4) is 0 Å². The minimum absolute atomic E-state index is 0.145. The number of anilines is 1. The number of hydrogen-bond donors (Lipinski definition) is 1. The number of halogens is 1. The lowest BCUT2D eigenvalue weighted by molar-refractivity contribution is -0.140. The van der Waals surface area contributed by atoms with Crippen molar-refractivity contribution in [3.8, 4) is 5.75 Å². The highest BCUT2D eigenvalue weighted by Crippen LogP contribution is 2.23. The first kappa shape index (κ1) is 28.6. The molecule has 0 spiro atoms. The molecule has 0 saturated carbocycles. The van der Waals surface area contributed by atoms with Crippen molar-refractivity contribution in [3.05, 3.63) is 58.6 Å². The fraction of sp³-hybridized carbons (Fsp3) is 0.440. The lowest BCUT2D eigenvalue weighted by Crippen LogP contribution is -2.54. The maximum atomic E-state index is 13.5. The Labute approximate surface area is 216 Å². The van der Waals surface area contributed by atoms with Crippen LogP contribution in [0.5, 0.6) is 5.75 Å². The molecular formula is C25H34BrN3O5S. The van der Waals surface area contributed by atoms with Gasteiger partial charge in [-0.15, -0.1) is 0 Å². The van der Waals surface area contributed by atoms with Gasteiger partial charge in [0.15, 0.2) is 0 Å². The van der Waals surface area contributed by atoms with Gasteiger partial charge in [-0.3, -0.25) is 13.9 Å². The van der Waals surface area contributed by atoms with E-state index in [9.17, 15) is 18.0 Å². The van der Waals surface area contributed by atoms with E-state index in [0.717, 1.165) is 20.6 Å². The lowest BCUT2D eigenvalue weighted by atomic mass is 10.1. The molecular weight excluding hydrogens is 534 g/mol. The molecule has 0 fully saturated rings. The number of hydrogen-bond acceptors (Lipinski definition) is 5. The van der Waals surface area contributed by atoms with Gasteiger partial charge in [0, 0.05) is 16.6 Å². The summed E-state index contributed by atoms with van der Waals surface area (Å²) >= 11 is 3.39. The first-order chi connectivity index (χ1) is 16.2. The second-order valence-electron chi connectivity index (χ2n) is 9.26. The van der Waals surface area contributed by atoms with Gasteiger partial charge in [0.1, 0.15) is 18.3 Å². The lowest BCUT2D eigenvalue weighted by Gasteiger charge is -2.33.